The van der Waals surface area contributed by atoms with Crippen LogP contribution in [0.1, 0.15) is 29.3 Å². The van der Waals surface area contributed by atoms with E-state index in [-0.39, 0.29) is 40.7 Å². The van der Waals surface area contributed by atoms with E-state index in [9.17, 15) is 23.1 Å². The number of nitrogen functional groups attached to an aromatic ring is 1. The van der Waals surface area contributed by atoms with E-state index in [1.165, 1.54) is 12.1 Å². The van der Waals surface area contributed by atoms with Crippen molar-refractivity contribution in [2.45, 2.75) is 18.8 Å². The molecule has 2 aromatic carbocycles. The van der Waals surface area contributed by atoms with Gasteiger partial charge in [-0.25, -0.2) is 33.1 Å². The highest BCUT2D eigenvalue weighted by molar-refractivity contribution is 6.09. The number of rotatable bonds is 4. The van der Waals surface area contributed by atoms with Crippen molar-refractivity contribution in [1.29, 1.82) is 0 Å². The Labute approximate surface area is 212 Å². The molecular weight excluding hydrogens is 499 g/mol. The average Bonchev–Trinajstić information content (AvgIpc) is 3.45. The molecule has 0 fully saturated rings. The number of aromatic hydroxyl groups is 1. The molecule has 9 nitrogen and oxygen atoms in total. The molecule has 0 spiro atoms. The molecule has 1 atom stereocenters. The van der Waals surface area contributed by atoms with Crippen molar-refractivity contribution in [3.63, 3.8) is 0 Å². The van der Waals surface area contributed by atoms with Crippen LogP contribution in [0.5, 0.6) is 5.75 Å². The summed E-state index contributed by atoms with van der Waals surface area (Å²) in [6.45, 7) is 1.57. The van der Waals surface area contributed by atoms with Crippen molar-refractivity contribution in [3.8, 4) is 17.3 Å². The first-order valence-corrected chi connectivity index (χ1v) is 11.4. The molecule has 0 aliphatic carbocycles. The number of hydrogen-bond acceptors (Lipinski definition) is 7. The number of hydrogen-bond donors (Lipinski definition) is 3. The molecule has 4 heterocycles. The van der Waals surface area contributed by atoms with E-state index in [2.05, 4.69) is 25.3 Å². The predicted molar refractivity (Wildman–Crippen MR) is 131 cm³/mol. The Morgan fingerprint density at radius 2 is 1.89 bits per heavy atom. The quantitative estimate of drug-likeness (QED) is 0.331. The Hall–Kier alpha value is -5.00. The number of nitrogens with two attached hydrogens (primary N) is 1. The largest absolute Gasteiger partial charge is 0.505 e. The first-order valence-electron chi connectivity index (χ1n) is 11.4. The van der Waals surface area contributed by atoms with E-state index < -0.39 is 34.5 Å². The Bertz CT molecular complexity index is 1790. The average molecular weight is 517 g/mol. The Morgan fingerprint density at radius 3 is 2.66 bits per heavy atom. The molecule has 1 unspecified atom stereocenters. The van der Waals surface area contributed by atoms with Crippen LogP contribution in [0.25, 0.3) is 17.2 Å². The summed E-state index contributed by atoms with van der Waals surface area (Å²) in [6, 6.07) is 6.90. The van der Waals surface area contributed by atoms with Gasteiger partial charge in [0, 0.05) is 31.1 Å². The highest BCUT2D eigenvalue weighted by atomic mass is 19.1. The van der Waals surface area contributed by atoms with Gasteiger partial charge in [-0.1, -0.05) is 12.1 Å². The van der Waals surface area contributed by atoms with Gasteiger partial charge in [0.15, 0.2) is 23.0 Å². The standard InChI is InChI=1S/C26H18F3N7O2/c1-26(13-3-5-15(28)19(37)9-13)20-21(30)33-22(34-23(20)35-25(26)38)18-11-36-7-6-31-24(36)17(32-18)8-12-2-4-14(27)10-16(12)29/h2-7,9-11,37H,8H2,1H3,(H3,30,33,34,35,38). The van der Waals surface area contributed by atoms with Crippen LogP contribution in [-0.2, 0) is 16.6 Å². The summed E-state index contributed by atoms with van der Waals surface area (Å²) in [4.78, 5) is 30.9. The van der Waals surface area contributed by atoms with Crippen LogP contribution in [0.2, 0.25) is 0 Å². The maximum atomic E-state index is 14.4. The number of benzene rings is 2. The number of anilines is 2. The smallest absolute Gasteiger partial charge is 0.240 e. The lowest BCUT2D eigenvalue weighted by Crippen LogP contribution is -2.33. The van der Waals surface area contributed by atoms with Crippen molar-refractivity contribution >= 4 is 23.2 Å². The zero-order valence-electron chi connectivity index (χ0n) is 19.7. The predicted octanol–water partition coefficient (Wildman–Crippen LogP) is 3.74. The minimum absolute atomic E-state index is 0.0176. The fourth-order valence-electron chi connectivity index (χ4n) is 4.69. The second-order valence-electron chi connectivity index (χ2n) is 9.04. The normalized spacial score (nSPS) is 16.6. The molecule has 1 aliphatic heterocycles. The van der Waals surface area contributed by atoms with E-state index in [0.717, 1.165) is 24.3 Å². The van der Waals surface area contributed by atoms with Crippen molar-refractivity contribution < 1.29 is 23.1 Å². The number of imidazole rings is 1. The number of nitrogens with one attached hydrogen (secondary N) is 1. The molecule has 6 rings (SSSR count). The van der Waals surface area contributed by atoms with Gasteiger partial charge in [0.05, 0.1) is 11.3 Å². The third kappa shape index (κ3) is 3.52. The fraction of sp³-hybridized carbons (Fsp3) is 0.115. The Kier molecular flexibility index (Phi) is 5.09. The highest BCUT2D eigenvalue weighted by Gasteiger charge is 2.48. The molecule has 4 N–H and O–H groups in total. The zero-order chi connectivity index (χ0) is 26.8. The molecule has 5 aromatic rings. The van der Waals surface area contributed by atoms with Gasteiger partial charge in [-0.2, -0.15) is 0 Å². The van der Waals surface area contributed by atoms with E-state index in [4.69, 9.17) is 5.73 Å². The summed E-state index contributed by atoms with van der Waals surface area (Å²) in [5.74, 6) is -3.11. The molecule has 12 heteroatoms. The summed E-state index contributed by atoms with van der Waals surface area (Å²) >= 11 is 0. The number of aromatic nitrogens is 5. The van der Waals surface area contributed by atoms with Gasteiger partial charge in [0.1, 0.15) is 34.4 Å². The van der Waals surface area contributed by atoms with Crippen LogP contribution in [-0.4, -0.2) is 35.4 Å². The van der Waals surface area contributed by atoms with Gasteiger partial charge in [-0.05, 0) is 36.2 Å². The van der Waals surface area contributed by atoms with Gasteiger partial charge in [0.2, 0.25) is 5.91 Å². The SMILES string of the molecule is CC1(c2ccc(F)c(O)c2)C(=O)Nc2nc(-c3cn4ccnc4c(Cc4ccc(F)cc4F)n3)nc(N)c21. The molecule has 190 valence electrons. The monoisotopic (exact) mass is 517 g/mol. The number of carbonyl (C=O) groups excluding carboxylic acids is 1. The summed E-state index contributed by atoms with van der Waals surface area (Å²) in [5.41, 5.74) is 6.85. The zero-order valence-corrected chi connectivity index (χ0v) is 19.7. The van der Waals surface area contributed by atoms with Crippen molar-refractivity contribution in [2.24, 2.45) is 0 Å². The molecule has 1 amide bonds. The van der Waals surface area contributed by atoms with Crippen molar-refractivity contribution in [2.75, 3.05) is 11.1 Å². The number of carbonyl (C=O) groups is 1. The number of nitrogens with zero attached hydrogens (tertiary/aromatic N) is 5. The minimum atomic E-state index is -1.39. The van der Waals surface area contributed by atoms with E-state index >= 15 is 0 Å². The number of phenolic OH excluding ortho intramolecular Hbond substituents is 1. The minimum Gasteiger partial charge on any atom is -0.505 e. The van der Waals surface area contributed by atoms with E-state index in [1.54, 1.807) is 29.9 Å². The first kappa shape index (κ1) is 23.4. The van der Waals surface area contributed by atoms with Crippen molar-refractivity contribution in [3.05, 3.63) is 94.8 Å². The van der Waals surface area contributed by atoms with Crippen LogP contribution < -0.4 is 11.1 Å². The molecule has 0 radical (unpaired) electrons. The molecule has 0 saturated heterocycles. The Balaban J connectivity index is 1.46. The second-order valence-corrected chi connectivity index (χ2v) is 9.04. The van der Waals surface area contributed by atoms with Gasteiger partial charge in [0.25, 0.3) is 0 Å². The number of fused-ring (bicyclic) bond motifs is 2. The lowest BCUT2D eigenvalue weighted by Gasteiger charge is -2.23. The van der Waals surface area contributed by atoms with E-state index in [1.807, 2.05) is 0 Å². The van der Waals surface area contributed by atoms with Crippen LogP contribution in [0, 0.1) is 17.5 Å². The van der Waals surface area contributed by atoms with Crippen LogP contribution in [0.4, 0.5) is 24.8 Å². The number of amides is 1. The molecule has 0 bridgehead atoms. The lowest BCUT2D eigenvalue weighted by atomic mass is 9.77. The third-order valence-corrected chi connectivity index (χ3v) is 6.69. The lowest BCUT2D eigenvalue weighted by molar-refractivity contribution is -0.119. The van der Waals surface area contributed by atoms with E-state index in [0.29, 0.717) is 16.9 Å². The molecule has 0 saturated carbocycles. The van der Waals surface area contributed by atoms with Crippen LogP contribution in [0.15, 0.2) is 55.0 Å². The van der Waals surface area contributed by atoms with Gasteiger partial charge in [-0.15, -0.1) is 0 Å². The second kappa shape index (κ2) is 8.26. The number of halogens is 3. The van der Waals surface area contributed by atoms with Gasteiger partial charge < -0.3 is 20.6 Å². The molecule has 1 aliphatic rings. The highest BCUT2D eigenvalue weighted by Crippen LogP contribution is 2.45. The number of phenols is 1. The third-order valence-electron chi connectivity index (χ3n) is 6.69. The summed E-state index contributed by atoms with van der Waals surface area (Å²) in [5, 5.41) is 12.6. The Morgan fingerprint density at radius 1 is 1.08 bits per heavy atom. The van der Waals surface area contributed by atoms with Gasteiger partial charge >= 0.3 is 0 Å². The van der Waals surface area contributed by atoms with Crippen LogP contribution >= 0.6 is 0 Å². The summed E-state index contributed by atoms with van der Waals surface area (Å²) in [6.07, 6.45) is 4.85. The van der Waals surface area contributed by atoms with Crippen LogP contribution in [0.3, 0.4) is 0 Å². The first-order chi connectivity index (χ1) is 18.1. The molecule has 38 heavy (non-hydrogen) atoms. The maximum absolute atomic E-state index is 14.4. The van der Waals surface area contributed by atoms with Crippen molar-refractivity contribution in [1.82, 2.24) is 24.3 Å². The summed E-state index contributed by atoms with van der Waals surface area (Å²) < 4.78 is 43.1. The maximum Gasteiger partial charge on any atom is 0.240 e. The van der Waals surface area contributed by atoms with Gasteiger partial charge in [-0.3, -0.25) is 4.79 Å². The summed E-state index contributed by atoms with van der Waals surface area (Å²) in [7, 11) is 0. The topological polar surface area (TPSA) is 131 Å². The molecule has 3 aromatic heterocycles. The fourth-order valence-corrected chi connectivity index (χ4v) is 4.69. The molecular formula is C26H18F3N7O2.